The maximum absolute atomic E-state index is 13.0. The van der Waals surface area contributed by atoms with Gasteiger partial charge >= 0.3 is 5.97 Å². The summed E-state index contributed by atoms with van der Waals surface area (Å²) >= 11 is 0. The maximum Gasteiger partial charge on any atom is 0.307 e. The van der Waals surface area contributed by atoms with E-state index in [0.717, 1.165) is 36.1 Å². The third kappa shape index (κ3) is 6.26. The average molecular weight is 376 g/mol. The second-order valence-corrected chi connectivity index (χ2v) is 7.53. The highest BCUT2D eigenvalue weighted by Crippen LogP contribution is 2.28. The predicted octanol–water partition coefficient (Wildman–Crippen LogP) is 4.04. The van der Waals surface area contributed by atoms with Gasteiger partial charge in [0.25, 0.3) is 5.91 Å². The third-order valence-electron chi connectivity index (χ3n) is 5.34. The summed E-state index contributed by atoms with van der Waals surface area (Å²) < 4.78 is 10.9. The van der Waals surface area contributed by atoms with Gasteiger partial charge < -0.3 is 14.4 Å². The average Bonchev–Trinajstić information content (AvgIpc) is 2.64. The molecule has 0 N–H and O–H groups in total. The molecule has 5 heteroatoms. The second kappa shape index (κ2) is 10.3. The van der Waals surface area contributed by atoms with Crippen molar-refractivity contribution in [3.63, 3.8) is 0 Å². The van der Waals surface area contributed by atoms with Gasteiger partial charge in [-0.05, 0) is 56.7 Å². The molecule has 0 radical (unpaired) electrons. The van der Waals surface area contributed by atoms with Crippen molar-refractivity contribution in [1.82, 2.24) is 4.90 Å². The molecule has 2 atom stereocenters. The zero-order valence-electron chi connectivity index (χ0n) is 17.1. The molecule has 0 saturated heterocycles. The van der Waals surface area contributed by atoms with Crippen LogP contribution in [0.4, 0.5) is 0 Å². The monoisotopic (exact) mass is 375 g/mol. The van der Waals surface area contributed by atoms with Crippen LogP contribution >= 0.6 is 0 Å². The van der Waals surface area contributed by atoms with Gasteiger partial charge in [0.05, 0.1) is 13.0 Å². The van der Waals surface area contributed by atoms with E-state index in [4.69, 9.17) is 9.47 Å². The van der Waals surface area contributed by atoms with Crippen LogP contribution in [0.5, 0.6) is 5.75 Å². The van der Waals surface area contributed by atoms with E-state index in [1.165, 1.54) is 6.42 Å². The number of amides is 1. The number of aryl methyl sites for hydroxylation is 2. The Bertz CT molecular complexity index is 643. The number of esters is 1. The highest BCUT2D eigenvalue weighted by atomic mass is 16.5. The molecule has 2 rings (SSSR count). The first-order valence-corrected chi connectivity index (χ1v) is 10.1. The minimum atomic E-state index is -0.255. The number of carbonyl (C=O) groups excluding carboxylic acids is 2. The van der Waals surface area contributed by atoms with Crippen molar-refractivity contribution in [2.75, 3.05) is 19.8 Å². The van der Waals surface area contributed by atoms with Crippen molar-refractivity contribution < 1.29 is 19.1 Å². The number of carbonyl (C=O) groups is 2. The van der Waals surface area contributed by atoms with Crippen molar-refractivity contribution in [2.24, 2.45) is 5.92 Å². The first-order chi connectivity index (χ1) is 12.9. The summed E-state index contributed by atoms with van der Waals surface area (Å²) in [7, 11) is 0. The number of hydrogen-bond acceptors (Lipinski definition) is 4. The van der Waals surface area contributed by atoms with Crippen molar-refractivity contribution in [2.45, 2.75) is 65.8 Å². The summed E-state index contributed by atoms with van der Waals surface area (Å²) in [6, 6.07) is 6.15. The lowest BCUT2D eigenvalue weighted by Crippen LogP contribution is -2.48. The summed E-state index contributed by atoms with van der Waals surface area (Å²) in [6.45, 7) is 8.72. The summed E-state index contributed by atoms with van der Waals surface area (Å²) in [5, 5.41) is 0. The molecular weight excluding hydrogens is 342 g/mol. The molecule has 1 aromatic rings. The van der Waals surface area contributed by atoms with Gasteiger partial charge in [-0.25, -0.2) is 0 Å². The number of nitrogens with zero attached hydrogens (tertiary/aromatic N) is 1. The Morgan fingerprint density at radius 2 is 1.93 bits per heavy atom. The van der Waals surface area contributed by atoms with Crippen LogP contribution in [0.2, 0.25) is 0 Å². The van der Waals surface area contributed by atoms with E-state index in [2.05, 4.69) is 6.92 Å². The minimum absolute atomic E-state index is 0.00363. The fourth-order valence-corrected chi connectivity index (χ4v) is 3.77. The Morgan fingerprint density at radius 3 is 2.63 bits per heavy atom. The maximum atomic E-state index is 13.0. The SMILES string of the molecule is CCOC(=O)CCN(C(=O)COc1cc(C)ccc1C)C1CCCCC1C. The van der Waals surface area contributed by atoms with Gasteiger partial charge in [0, 0.05) is 12.6 Å². The van der Waals surface area contributed by atoms with E-state index < -0.39 is 0 Å². The van der Waals surface area contributed by atoms with Crippen LogP contribution < -0.4 is 4.74 Å². The van der Waals surface area contributed by atoms with Crippen molar-refractivity contribution in [3.8, 4) is 5.75 Å². The Kier molecular flexibility index (Phi) is 8.14. The summed E-state index contributed by atoms with van der Waals surface area (Å²) in [4.78, 5) is 26.6. The van der Waals surface area contributed by atoms with E-state index in [0.29, 0.717) is 19.1 Å². The smallest absolute Gasteiger partial charge is 0.307 e. The minimum Gasteiger partial charge on any atom is -0.483 e. The van der Waals surface area contributed by atoms with E-state index in [1.54, 1.807) is 6.92 Å². The molecule has 27 heavy (non-hydrogen) atoms. The van der Waals surface area contributed by atoms with Crippen LogP contribution in [0.25, 0.3) is 0 Å². The zero-order chi connectivity index (χ0) is 19.8. The van der Waals surface area contributed by atoms with Gasteiger partial charge in [0.1, 0.15) is 5.75 Å². The fourth-order valence-electron chi connectivity index (χ4n) is 3.77. The topological polar surface area (TPSA) is 55.8 Å². The van der Waals surface area contributed by atoms with E-state index in [-0.39, 0.29) is 30.9 Å². The van der Waals surface area contributed by atoms with Gasteiger partial charge in [0.2, 0.25) is 0 Å². The molecule has 5 nitrogen and oxygen atoms in total. The van der Waals surface area contributed by atoms with E-state index in [1.807, 2.05) is 36.9 Å². The Morgan fingerprint density at radius 1 is 1.19 bits per heavy atom. The molecule has 0 bridgehead atoms. The molecular formula is C22H33NO4. The lowest BCUT2D eigenvalue weighted by atomic mass is 9.84. The first kappa shape index (κ1) is 21.3. The molecule has 1 aliphatic carbocycles. The van der Waals surface area contributed by atoms with E-state index >= 15 is 0 Å². The van der Waals surface area contributed by atoms with Crippen molar-refractivity contribution >= 4 is 11.9 Å². The van der Waals surface area contributed by atoms with Crippen molar-refractivity contribution in [1.29, 1.82) is 0 Å². The molecule has 1 fully saturated rings. The lowest BCUT2D eigenvalue weighted by molar-refractivity contribution is -0.145. The molecule has 2 unspecified atom stereocenters. The summed E-state index contributed by atoms with van der Waals surface area (Å²) in [5.41, 5.74) is 2.11. The van der Waals surface area contributed by atoms with Gasteiger partial charge in [0.15, 0.2) is 6.61 Å². The van der Waals surface area contributed by atoms with Gasteiger partial charge in [-0.2, -0.15) is 0 Å². The molecule has 1 amide bonds. The quantitative estimate of drug-likeness (QED) is 0.644. The second-order valence-electron chi connectivity index (χ2n) is 7.53. The van der Waals surface area contributed by atoms with Crippen LogP contribution in [0, 0.1) is 19.8 Å². The van der Waals surface area contributed by atoms with Crippen LogP contribution in [0.3, 0.4) is 0 Å². The molecule has 0 aromatic heterocycles. The standard InChI is InChI=1S/C22H33NO4/c1-5-26-22(25)12-13-23(19-9-7-6-8-17(19)3)21(24)15-27-20-14-16(2)10-11-18(20)4/h10-11,14,17,19H,5-9,12-13,15H2,1-4H3. The molecule has 0 heterocycles. The van der Waals surface area contributed by atoms with Crippen LogP contribution in [0.15, 0.2) is 18.2 Å². The highest BCUT2D eigenvalue weighted by Gasteiger charge is 2.31. The molecule has 1 aliphatic rings. The largest absolute Gasteiger partial charge is 0.483 e. The Hall–Kier alpha value is -2.04. The number of rotatable bonds is 8. The molecule has 1 aromatic carbocycles. The number of hydrogen-bond donors (Lipinski definition) is 0. The Balaban J connectivity index is 2.04. The normalized spacial score (nSPS) is 19.4. The van der Waals surface area contributed by atoms with Gasteiger partial charge in [-0.3, -0.25) is 9.59 Å². The van der Waals surface area contributed by atoms with Crippen LogP contribution in [0.1, 0.15) is 57.1 Å². The van der Waals surface area contributed by atoms with Crippen LogP contribution in [-0.4, -0.2) is 42.6 Å². The number of ether oxygens (including phenoxy) is 2. The Labute approximate surface area is 163 Å². The predicted molar refractivity (Wildman–Crippen MR) is 106 cm³/mol. The van der Waals surface area contributed by atoms with Crippen molar-refractivity contribution in [3.05, 3.63) is 29.3 Å². The molecule has 150 valence electrons. The van der Waals surface area contributed by atoms with Gasteiger partial charge in [-0.1, -0.05) is 31.9 Å². The molecule has 0 spiro atoms. The van der Waals surface area contributed by atoms with E-state index in [9.17, 15) is 9.59 Å². The van der Waals surface area contributed by atoms with Gasteiger partial charge in [-0.15, -0.1) is 0 Å². The highest BCUT2D eigenvalue weighted by molar-refractivity contribution is 5.79. The molecule has 0 aliphatic heterocycles. The summed E-state index contributed by atoms with van der Waals surface area (Å²) in [6.07, 6.45) is 4.66. The van der Waals surface area contributed by atoms with Crippen LogP contribution in [-0.2, 0) is 14.3 Å². The first-order valence-electron chi connectivity index (χ1n) is 10.1. The fraction of sp³-hybridized carbons (Fsp3) is 0.636. The lowest BCUT2D eigenvalue weighted by Gasteiger charge is -2.38. The molecule has 1 saturated carbocycles. The third-order valence-corrected chi connectivity index (χ3v) is 5.34. The summed E-state index contributed by atoms with van der Waals surface area (Å²) in [5.74, 6) is 0.865. The zero-order valence-corrected chi connectivity index (χ0v) is 17.1. The number of benzene rings is 1.